The fourth-order valence-corrected chi connectivity index (χ4v) is 2.94. The van der Waals surface area contributed by atoms with Gasteiger partial charge in [0.2, 0.25) is 0 Å². The standard InChI is InChI=1S/C21H18F2N4O/c1-13-11-15(6-8-18(13)22)20(16-7-9-19(23)14(2)12-16)17(5-4-10-28)21-24-25-26-27(21)3/h4-12H,1-3H3/b5-4+. The van der Waals surface area contributed by atoms with E-state index in [1.165, 1.54) is 22.9 Å². The third-order valence-electron chi connectivity index (χ3n) is 4.37. The van der Waals surface area contributed by atoms with Gasteiger partial charge in [0.05, 0.1) is 0 Å². The van der Waals surface area contributed by atoms with Crippen LogP contribution in [-0.2, 0) is 11.8 Å². The van der Waals surface area contributed by atoms with Gasteiger partial charge in [-0.2, -0.15) is 0 Å². The highest BCUT2D eigenvalue weighted by Crippen LogP contribution is 2.33. The first-order chi connectivity index (χ1) is 13.4. The molecule has 0 aliphatic rings. The molecule has 3 rings (SSSR count). The Kier molecular flexibility index (Phi) is 5.54. The number of allylic oxidation sites excluding steroid dienone is 3. The molecule has 142 valence electrons. The molecule has 5 nitrogen and oxygen atoms in total. The molecule has 2 aromatic carbocycles. The summed E-state index contributed by atoms with van der Waals surface area (Å²) in [6, 6.07) is 9.40. The van der Waals surface area contributed by atoms with Gasteiger partial charge in [0.15, 0.2) is 5.82 Å². The number of aryl methyl sites for hydroxylation is 3. The molecular formula is C21H18F2N4O. The van der Waals surface area contributed by atoms with Crippen molar-refractivity contribution in [2.45, 2.75) is 13.8 Å². The minimum absolute atomic E-state index is 0.330. The summed E-state index contributed by atoms with van der Waals surface area (Å²) in [6.07, 6.45) is 3.56. The summed E-state index contributed by atoms with van der Waals surface area (Å²) in [5.41, 5.74) is 3.52. The first-order valence-electron chi connectivity index (χ1n) is 8.54. The number of hydrogen-bond acceptors (Lipinski definition) is 4. The molecule has 0 unspecified atom stereocenters. The van der Waals surface area contributed by atoms with Crippen molar-refractivity contribution in [3.63, 3.8) is 0 Å². The van der Waals surface area contributed by atoms with E-state index in [1.54, 1.807) is 51.2 Å². The van der Waals surface area contributed by atoms with Crippen LogP contribution in [0.1, 0.15) is 28.1 Å². The van der Waals surface area contributed by atoms with Crippen LogP contribution < -0.4 is 0 Å². The molecule has 0 atom stereocenters. The van der Waals surface area contributed by atoms with Crippen LogP contribution in [0.3, 0.4) is 0 Å². The van der Waals surface area contributed by atoms with E-state index in [4.69, 9.17) is 0 Å². The monoisotopic (exact) mass is 380 g/mol. The zero-order chi connectivity index (χ0) is 20.3. The van der Waals surface area contributed by atoms with Crippen molar-refractivity contribution in [1.82, 2.24) is 20.2 Å². The normalized spacial score (nSPS) is 11.0. The maximum atomic E-state index is 13.9. The van der Waals surface area contributed by atoms with Gasteiger partial charge in [-0.3, -0.25) is 4.79 Å². The molecule has 0 spiro atoms. The van der Waals surface area contributed by atoms with Crippen molar-refractivity contribution in [2.75, 3.05) is 0 Å². The van der Waals surface area contributed by atoms with Gasteiger partial charge in [0.1, 0.15) is 17.9 Å². The molecule has 0 bridgehead atoms. The predicted molar refractivity (Wildman–Crippen MR) is 102 cm³/mol. The summed E-state index contributed by atoms with van der Waals surface area (Å²) in [4.78, 5) is 11.0. The SMILES string of the molecule is Cc1cc(C(=C(/C=C/C=O)c2nnnn2C)c2ccc(F)c(C)c2)ccc1F. The van der Waals surface area contributed by atoms with Crippen LogP contribution in [0.4, 0.5) is 8.78 Å². The fraction of sp³-hybridized carbons (Fsp3) is 0.143. The molecule has 3 aromatic rings. The van der Waals surface area contributed by atoms with E-state index in [1.807, 2.05) is 0 Å². The third-order valence-corrected chi connectivity index (χ3v) is 4.37. The van der Waals surface area contributed by atoms with Crippen LogP contribution in [0.5, 0.6) is 0 Å². The average molecular weight is 380 g/mol. The topological polar surface area (TPSA) is 60.7 Å². The zero-order valence-corrected chi connectivity index (χ0v) is 15.6. The first-order valence-corrected chi connectivity index (χ1v) is 8.54. The van der Waals surface area contributed by atoms with Crippen molar-refractivity contribution >= 4 is 17.4 Å². The van der Waals surface area contributed by atoms with Crippen molar-refractivity contribution < 1.29 is 13.6 Å². The smallest absolute Gasteiger partial charge is 0.182 e. The second kappa shape index (κ2) is 8.04. The Morgan fingerprint density at radius 3 is 2.00 bits per heavy atom. The molecule has 0 aliphatic carbocycles. The van der Waals surface area contributed by atoms with Gasteiger partial charge in [0.25, 0.3) is 0 Å². The number of halogens is 2. The highest BCUT2D eigenvalue weighted by atomic mass is 19.1. The molecule has 0 amide bonds. The molecule has 0 aliphatic heterocycles. The van der Waals surface area contributed by atoms with E-state index in [0.29, 0.717) is 45.5 Å². The minimum atomic E-state index is -0.330. The second-order valence-electron chi connectivity index (χ2n) is 6.34. The Morgan fingerprint density at radius 2 is 1.57 bits per heavy atom. The van der Waals surface area contributed by atoms with Crippen LogP contribution in [-0.4, -0.2) is 26.5 Å². The Hall–Kier alpha value is -3.48. The molecule has 0 radical (unpaired) electrons. The summed E-state index contributed by atoms with van der Waals surface area (Å²) in [6.45, 7) is 3.33. The zero-order valence-electron chi connectivity index (χ0n) is 15.6. The summed E-state index contributed by atoms with van der Waals surface area (Å²) >= 11 is 0. The number of benzene rings is 2. The van der Waals surface area contributed by atoms with Crippen molar-refractivity contribution in [3.8, 4) is 0 Å². The highest BCUT2D eigenvalue weighted by Gasteiger charge is 2.18. The number of rotatable bonds is 5. The van der Waals surface area contributed by atoms with Gasteiger partial charge in [-0.25, -0.2) is 13.5 Å². The summed E-state index contributed by atoms with van der Waals surface area (Å²) in [5, 5.41) is 11.6. The average Bonchev–Trinajstić information content (AvgIpc) is 3.09. The lowest BCUT2D eigenvalue weighted by Gasteiger charge is -2.15. The van der Waals surface area contributed by atoms with E-state index < -0.39 is 0 Å². The number of carbonyl (C=O) groups is 1. The number of nitrogens with zero attached hydrogens (tertiary/aromatic N) is 4. The molecule has 1 heterocycles. The molecular weight excluding hydrogens is 362 g/mol. The van der Waals surface area contributed by atoms with E-state index in [2.05, 4.69) is 15.5 Å². The lowest BCUT2D eigenvalue weighted by Crippen LogP contribution is -2.02. The minimum Gasteiger partial charge on any atom is -0.299 e. The van der Waals surface area contributed by atoms with Crippen molar-refractivity contribution in [2.24, 2.45) is 7.05 Å². The van der Waals surface area contributed by atoms with E-state index in [9.17, 15) is 13.6 Å². The van der Waals surface area contributed by atoms with Gasteiger partial charge < -0.3 is 0 Å². The lowest BCUT2D eigenvalue weighted by atomic mass is 9.90. The van der Waals surface area contributed by atoms with Gasteiger partial charge in [-0.1, -0.05) is 12.1 Å². The first kappa shape index (κ1) is 19.3. The van der Waals surface area contributed by atoms with Gasteiger partial charge in [-0.05, 0) is 88.5 Å². The molecule has 7 heteroatoms. The molecule has 0 saturated carbocycles. The quantitative estimate of drug-likeness (QED) is 0.384. The Morgan fingerprint density at radius 1 is 1.00 bits per heavy atom. The number of hydrogen-bond donors (Lipinski definition) is 0. The molecule has 28 heavy (non-hydrogen) atoms. The highest BCUT2D eigenvalue weighted by molar-refractivity contribution is 6.01. The molecule has 0 N–H and O–H groups in total. The Balaban J connectivity index is 2.40. The van der Waals surface area contributed by atoms with Crippen LogP contribution in [0.2, 0.25) is 0 Å². The van der Waals surface area contributed by atoms with Gasteiger partial charge in [0, 0.05) is 12.6 Å². The maximum Gasteiger partial charge on any atom is 0.182 e. The maximum absolute atomic E-state index is 13.9. The third kappa shape index (κ3) is 3.78. The predicted octanol–water partition coefficient (Wildman–Crippen LogP) is 3.82. The van der Waals surface area contributed by atoms with Crippen LogP contribution >= 0.6 is 0 Å². The van der Waals surface area contributed by atoms with Gasteiger partial charge >= 0.3 is 0 Å². The molecule has 0 fully saturated rings. The van der Waals surface area contributed by atoms with Crippen LogP contribution in [0.15, 0.2) is 48.6 Å². The second-order valence-corrected chi connectivity index (χ2v) is 6.34. The van der Waals surface area contributed by atoms with E-state index in [0.717, 1.165) is 0 Å². The number of carbonyl (C=O) groups excluding carboxylic acids is 1. The number of tetrazole rings is 1. The largest absolute Gasteiger partial charge is 0.299 e. The molecule has 0 saturated heterocycles. The van der Waals surface area contributed by atoms with Crippen LogP contribution in [0.25, 0.3) is 11.1 Å². The molecule has 1 aromatic heterocycles. The summed E-state index contributed by atoms with van der Waals surface area (Å²) in [7, 11) is 1.67. The van der Waals surface area contributed by atoms with E-state index in [-0.39, 0.29) is 11.6 Å². The van der Waals surface area contributed by atoms with Crippen LogP contribution in [0, 0.1) is 25.5 Å². The summed E-state index contributed by atoms with van der Waals surface area (Å²) < 4.78 is 29.2. The summed E-state index contributed by atoms with van der Waals surface area (Å²) in [5.74, 6) is -0.246. The van der Waals surface area contributed by atoms with Crippen molar-refractivity contribution in [3.05, 3.63) is 88.3 Å². The lowest BCUT2D eigenvalue weighted by molar-refractivity contribution is -0.104. The van der Waals surface area contributed by atoms with E-state index >= 15 is 0 Å². The Labute approximate surface area is 161 Å². The number of aromatic nitrogens is 4. The Bertz CT molecular complexity index is 1050. The van der Waals surface area contributed by atoms with Crippen molar-refractivity contribution in [1.29, 1.82) is 0 Å². The number of aldehydes is 1. The van der Waals surface area contributed by atoms with Gasteiger partial charge in [-0.15, -0.1) is 5.10 Å². The fourth-order valence-electron chi connectivity index (χ4n) is 2.94.